The highest BCUT2D eigenvalue weighted by Crippen LogP contribution is 2.39. The molecule has 1 heterocycles. The number of halogens is 2. The Morgan fingerprint density at radius 2 is 2.27 bits per heavy atom. The Hall–Kier alpha value is -0.610. The summed E-state index contributed by atoms with van der Waals surface area (Å²) in [4.78, 5) is 0. The molecule has 1 aliphatic carbocycles. The predicted octanol–water partition coefficient (Wildman–Crippen LogP) is 1.75. The van der Waals surface area contributed by atoms with Crippen LogP contribution in [0.5, 0.6) is 0 Å². The Kier molecular flexibility index (Phi) is 2.51. The van der Waals surface area contributed by atoms with E-state index in [0.29, 0.717) is 24.3 Å². The van der Waals surface area contributed by atoms with E-state index < -0.39 is 5.67 Å². The zero-order valence-corrected chi connectivity index (χ0v) is 9.68. The van der Waals surface area contributed by atoms with Gasteiger partial charge in [-0.25, -0.2) is 4.39 Å². The number of alkyl halides is 1. The molecule has 0 atom stereocenters. The second-order valence-corrected chi connectivity index (χ2v) is 4.84. The second-order valence-electron chi connectivity index (χ2n) is 4.47. The fraction of sp³-hybridized carbons (Fsp3) is 0.700. The Labute approximate surface area is 93.4 Å². The fourth-order valence-electron chi connectivity index (χ4n) is 2.20. The molecule has 0 saturated heterocycles. The zero-order chi connectivity index (χ0) is 11.2. The third-order valence-electron chi connectivity index (χ3n) is 3.00. The summed E-state index contributed by atoms with van der Waals surface area (Å²) in [7, 11) is 1.79. The van der Waals surface area contributed by atoms with E-state index in [4.69, 9.17) is 17.3 Å². The van der Waals surface area contributed by atoms with E-state index in [1.54, 1.807) is 11.7 Å². The van der Waals surface area contributed by atoms with Gasteiger partial charge in [0.2, 0.25) is 0 Å². The van der Waals surface area contributed by atoms with Gasteiger partial charge in [0.25, 0.3) is 0 Å². The maximum Gasteiger partial charge on any atom is 0.119 e. The summed E-state index contributed by atoms with van der Waals surface area (Å²) in [5.41, 5.74) is 5.93. The van der Waals surface area contributed by atoms with E-state index in [1.807, 2.05) is 6.92 Å². The number of rotatable bonds is 2. The molecule has 0 aromatic carbocycles. The van der Waals surface area contributed by atoms with Gasteiger partial charge in [0.05, 0.1) is 16.4 Å². The lowest BCUT2D eigenvalue weighted by Gasteiger charge is -2.39. The van der Waals surface area contributed by atoms with E-state index in [9.17, 15) is 4.39 Å². The lowest BCUT2D eigenvalue weighted by atomic mass is 9.75. The first-order chi connectivity index (χ1) is 6.91. The number of nitrogens with two attached hydrogens (primary N) is 1. The molecule has 2 N–H and O–H groups in total. The van der Waals surface area contributed by atoms with Crippen molar-refractivity contribution in [3.05, 3.63) is 16.4 Å². The molecule has 1 saturated carbocycles. The van der Waals surface area contributed by atoms with Gasteiger partial charge in [0.1, 0.15) is 5.67 Å². The smallest absolute Gasteiger partial charge is 0.119 e. The van der Waals surface area contributed by atoms with Gasteiger partial charge >= 0.3 is 0 Å². The van der Waals surface area contributed by atoms with Crippen molar-refractivity contribution in [1.29, 1.82) is 0 Å². The van der Waals surface area contributed by atoms with Crippen LogP contribution in [0.25, 0.3) is 0 Å². The van der Waals surface area contributed by atoms with Gasteiger partial charge < -0.3 is 5.73 Å². The Balaban J connectivity index is 2.17. The Bertz CT molecular complexity index is 382. The topological polar surface area (TPSA) is 43.8 Å². The highest BCUT2D eigenvalue weighted by atomic mass is 35.5. The third-order valence-corrected chi connectivity index (χ3v) is 3.49. The average Bonchev–Trinajstić information content (AvgIpc) is 2.30. The monoisotopic (exact) mass is 231 g/mol. The van der Waals surface area contributed by atoms with Crippen molar-refractivity contribution >= 4 is 11.6 Å². The minimum absolute atomic E-state index is 0.00287. The van der Waals surface area contributed by atoms with Crippen LogP contribution in [-0.2, 0) is 13.5 Å². The van der Waals surface area contributed by atoms with Crippen LogP contribution in [0.15, 0.2) is 0 Å². The molecule has 1 aliphatic rings. The summed E-state index contributed by atoms with van der Waals surface area (Å²) in [6, 6.07) is 0.00287. The molecule has 1 aromatic rings. The van der Waals surface area contributed by atoms with Crippen molar-refractivity contribution in [2.75, 3.05) is 0 Å². The third kappa shape index (κ3) is 1.88. The van der Waals surface area contributed by atoms with E-state index >= 15 is 0 Å². The normalized spacial score (nSPS) is 30.3. The number of nitrogens with zero attached hydrogens (tertiary/aromatic N) is 2. The Morgan fingerprint density at radius 1 is 1.67 bits per heavy atom. The van der Waals surface area contributed by atoms with Crippen LogP contribution in [0.4, 0.5) is 4.39 Å². The van der Waals surface area contributed by atoms with Gasteiger partial charge in [-0.3, -0.25) is 4.68 Å². The van der Waals surface area contributed by atoms with E-state index in [1.165, 1.54) is 0 Å². The molecule has 1 aromatic heterocycles. The molecular weight excluding hydrogens is 217 g/mol. The highest BCUT2D eigenvalue weighted by Gasteiger charge is 2.44. The maximum absolute atomic E-state index is 14.0. The van der Waals surface area contributed by atoms with Crippen molar-refractivity contribution < 1.29 is 4.39 Å². The maximum atomic E-state index is 14.0. The molecule has 0 amide bonds. The highest BCUT2D eigenvalue weighted by molar-refractivity contribution is 6.31. The largest absolute Gasteiger partial charge is 0.327 e. The van der Waals surface area contributed by atoms with Crippen LogP contribution in [-0.4, -0.2) is 21.5 Å². The Morgan fingerprint density at radius 3 is 2.67 bits per heavy atom. The first kappa shape index (κ1) is 10.9. The lowest BCUT2D eigenvalue weighted by Crippen LogP contribution is -2.50. The summed E-state index contributed by atoms with van der Waals surface area (Å²) in [6.45, 7) is 1.82. The lowest BCUT2D eigenvalue weighted by molar-refractivity contribution is 0.0426. The molecule has 2 rings (SSSR count). The summed E-state index contributed by atoms with van der Waals surface area (Å²) in [6.07, 6.45) is 1.16. The van der Waals surface area contributed by atoms with Gasteiger partial charge in [-0.15, -0.1) is 0 Å². The van der Waals surface area contributed by atoms with Crippen molar-refractivity contribution in [2.24, 2.45) is 12.8 Å². The van der Waals surface area contributed by atoms with Gasteiger partial charge in [0, 0.05) is 19.5 Å². The van der Waals surface area contributed by atoms with Crippen LogP contribution in [0.2, 0.25) is 5.02 Å². The first-order valence-corrected chi connectivity index (χ1v) is 5.41. The zero-order valence-electron chi connectivity index (χ0n) is 8.93. The summed E-state index contributed by atoms with van der Waals surface area (Å²) >= 11 is 6.06. The summed E-state index contributed by atoms with van der Waals surface area (Å²) in [5.74, 6) is 0. The number of aryl methyl sites for hydroxylation is 2. The van der Waals surface area contributed by atoms with Crippen LogP contribution in [0.3, 0.4) is 0 Å². The molecule has 0 unspecified atom stereocenters. The summed E-state index contributed by atoms with van der Waals surface area (Å²) in [5, 5.41) is 4.74. The molecule has 84 valence electrons. The minimum Gasteiger partial charge on any atom is -0.327 e. The van der Waals surface area contributed by atoms with E-state index in [0.717, 1.165) is 11.4 Å². The SMILES string of the molecule is Cc1nn(C)c(CC2(F)CC(N)C2)c1Cl. The molecular formula is C10H15ClFN3. The molecule has 1 fully saturated rings. The molecule has 0 spiro atoms. The average molecular weight is 232 g/mol. The number of aromatic nitrogens is 2. The van der Waals surface area contributed by atoms with Crippen LogP contribution < -0.4 is 5.73 Å². The molecule has 0 radical (unpaired) electrons. The molecule has 5 heteroatoms. The molecule has 0 aliphatic heterocycles. The van der Waals surface area contributed by atoms with Crippen molar-refractivity contribution in [2.45, 2.75) is 37.9 Å². The van der Waals surface area contributed by atoms with Crippen LogP contribution in [0, 0.1) is 6.92 Å². The van der Waals surface area contributed by atoms with Gasteiger partial charge in [-0.2, -0.15) is 5.10 Å². The van der Waals surface area contributed by atoms with Gasteiger partial charge in [-0.1, -0.05) is 11.6 Å². The molecule has 3 nitrogen and oxygen atoms in total. The fourth-order valence-corrected chi connectivity index (χ4v) is 2.42. The predicted molar refractivity (Wildman–Crippen MR) is 57.7 cm³/mol. The van der Waals surface area contributed by atoms with E-state index in [2.05, 4.69) is 5.10 Å². The van der Waals surface area contributed by atoms with E-state index in [-0.39, 0.29) is 6.04 Å². The number of hydrogen-bond acceptors (Lipinski definition) is 2. The quantitative estimate of drug-likeness (QED) is 0.843. The van der Waals surface area contributed by atoms with Crippen molar-refractivity contribution in [3.8, 4) is 0 Å². The van der Waals surface area contributed by atoms with Crippen molar-refractivity contribution in [1.82, 2.24) is 9.78 Å². The van der Waals surface area contributed by atoms with Crippen LogP contribution >= 0.6 is 11.6 Å². The van der Waals surface area contributed by atoms with Gasteiger partial charge in [-0.05, 0) is 19.8 Å². The molecule has 15 heavy (non-hydrogen) atoms. The minimum atomic E-state index is -1.18. The number of hydrogen-bond donors (Lipinski definition) is 1. The van der Waals surface area contributed by atoms with Gasteiger partial charge in [0.15, 0.2) is 0 Å². The summed E-state index contributed by atoms with van der Waals surface area (Å²) < 4.78 is 15.7. The standard InChI is InChI=1S/C10H15ClFN3/c1-6-9(11)8(15(2)14-6)5-10(12)3-7(13)4-10/h7H,3-5,13H2,1-2H3. The van der Waals surface area contributed by atoms with Crippen molar-refractivity contribution in [3.63, 3.8) is 0 Å². The first-order valence-electron chi connectivity index (χ1n) is 5.04. The van der Waals surface area contributed by atoms with Crippen LogP contribution in [0.1, 0.15) is 24.2 Å². The second kappa shape index (κ2) is 3.46. The molecule has 0 bridgehead atoms.